The monoisotopic (exact) mass is 353 g/mol. The van der Waals surface area contributed by atoms with Crippen LogP contribution >= 0.6 is 11.6 Å². The molecule has 1 amide bonds. The maximum atomic E-state index is 12.3. The predicted octanol–water partition coefficient (Wildman–Crippen LogP) is 3.51. The van der Waals surface area contributed by atoms with Gasteiger partial charge in [-0.2, -0.15) is 5.10 Å². The van der Waals surface area contributed by atoms with Crippen molar-refractivity contribution in [3.8, 4) is 11.3 Å². The van der Waals surface area contributed by atoms with Crippen LogP contribution in [0.2, 0.25) is 5.02 Å². The summed E-state index contributed by atoms with van der Waals surface area (Å²) in [6.45, 7) is 1.64. The molecule has 0 saturated carbocycles. The van der Waals surface area contributed by atoms with Crippen molar-refractivity contribution >= 4 is 23.2 Å². The van der Waals surface area contributed by atoms with Gasteiger partial charge in [0.2, 0.25) is 5.91 Å². The molecule has 3 rings (SSSR count). The number of carbonyl (C=O) groups excluding carboxylic acids is 1. The summed E-state index contributed by atoms with van der Waals surface area (Å²) in [5.74, 6) is -0.342. The average molecular weight is 354 g/mol. The minimum absolute atomic E-state index is 0.175. The van der Waals surface area contributed by atoms with Crippen LogP contribution in [0.4, 0.5) is 5.69 Å². The predicted molar refractivity (Wildman–Crippen MR) is 98.8 cm³/mol. The van der Waals surface area contributed by atoms with E-state index < -0.39 is 0 Å². The molecule has 0 spiro atoms. The maximum Gasteiger partial charge on any atom is 0.267 e. The highest BCUT2D eigenvalue weighted by Gasteiger charge is 2.10. The fourth-order valence-corrected chi connectivity index (χ4v) is 2.57. The quantitative estimate of drug-likeness (QED) is 0.780. The number of carbonyl (C=O) groups is 1. The van der Waals surface area contributed by atoms with Crippen LogP contribution < -0.4 is 10.9 Å². The Morgan fingerprint density at radius 1 is 1.08 bits per heavy atom. The van der Waals surface area contributed by atoms with Gasteiger partial charge in [0, 0.05) is 22.3 Å². The Hall–Kier alpha value is -2.92. The van der Waals surface area contributed by atoms with E-state index in [0.29, 0.717) is 16.4 Å². The van der Waals surface area contributed by atoms with E-state index in [0.717, 1.165) is 15.8 Å². The average Bonchev–Trinajstić information content (AvgIpc) is 2.61. The van der Waals surface area contributed by atoms with Gasteiger partial charge in [-0.15, -0.1) is 0 Å². The lowest BCUT2D eigenvalue weighted by molar-refractivity contribution is -0.117. The third-order valence-electron chi connectivity index (χ3n) is 3.77. The van der Waals surface area contributed by atoms with Crippen molar-refractivity contribution in [2.45, 2.75) is 13.5 Å². The standard InChI is InChI=1S/C19H16ClN3O2/c1-13-15(20)8-5-9-16(13)21-18(24)12-23-19(25)11-10-17(22-23)14-6-3-2-4-7-14/h2-11H,12H2,1H3,(H,21,24). The highest BCUT2D eigenvalue weighted by Crippen LogP contribution is 2.22. The topological polar surface area (TPSA) is 64.0 Å². The van der Waals surface area contributed by atoms with E-state index in [2.05, 4.69) is 10.4 Å². The van der Waals surface area contributed by atoms with Crippen molar-refractivity contribution < 1.29 is 4.79 Å². The van der Waals surface area contributed by atoms with E-state index in [4.69, 9.17) is 11.6 Å². The van der Waals surface area contributed by atoms with Crippen LogP contribution in [0.1, 0.15) is 5.56 Å². The van der Waals surface area contributed by atoms with Crippen LogP contribution in [0, 0.1) is 6.92 Å². The molecule has 1 N–H and O–H groups in total. The Bertz CT molecular complexity index is 968. The Balaban J connectivity index is 1.81. The van der Waals surface area contributed by atoms with Crippen LogP contribution in [-0.4, -0.2) is 15.7 Å². The van der Waals surface area contributed by atoms with Gasteiger partial charge in [0.25, 0.3) is 5.56 Å². The zero-order valence-electron chi connectivity index (χ0n) is 13.6. The first kappa shape index (κ1) is 16.9. The summed E-state index contributed by atoms with van der Waals surface area (Å²) >= 11 is 6.05. The number of hydrogen-bond acceptors (Lipinski definition) is 3. The first-order valence-corrected chi connectivity index (χ1v) is 8.11. The number of anilines is 1. The second-order valence-corrected chi connectivity index (χ2v) is 5.95. The first-order chi connectivity index (χ1) is 12.0. The number of nitrogens with zero attached hydrogens (tertiary/aromatic N) is 2. The number of nitrogens with one attached hydrogen (secondary N) is 1. The molecule has 0 fully saturated rings. The fourth-order valence-electron chi connectivity index (χ4n) is 2.39. The molecule has 6 heteroatoms. The zero-order chi connectivity index (χ0) is 17.8. The molecule has 126 valence electrons. The van der Waals surface area contributed by atoms with Crippen LogP contribution in [0.3, 0.4) is 0 Å². The van der Waals surface area contributed by atoms with Crippen molar-refractivity contribution in [1.29, 1.82) is 0 Å². The number of halogens is 1. The molecule has 25 heavy (non-hydrogen) atoms. The Morgan fingerprint density at radius 3 is 2.60 bits per heavy atom. The van der Waals surface area contributed by atoms with E-state index >= 15 is 0 Å². The summed E-state index contributed by atoms with van der Waals surface area (Å²) in [5.41, 5.74) is 2.56. The van der Waals surface area contributed by atoms with Crippen molar-refractivity contribution in [3.05, 3.63) is 81.6 Å². The highest BCUT2D eigenvalue weighted by molar-refractivity contribution is 6.31. The molecule has 0 saturated heterocycles. The molecule has 0 aliphatic carbocycles. The van der Waals surface area contributed by atoms with E-state index in [1.54, 1.807) is 24.3 Å². The summed E-state index contributed by atoms with van der Waals surface area (Å²) in [6, 6.07) is 17.8. The van der Waals surface area contributed by atoms with Crippen molar-refractivity contribution in [2.24, 2.45) is 0 Å². The normalized spacial score (nSPS) is 10.5. The van der Waals surface area contributed by atoms with Gasteiger partial charge < -0.3 is 5.32 Å². The Labute approximate surface area is 149 Å². The summed E-state index contributed by atoms with van der Waals surface area (Å²) in [7, 11) is 0. The van der Waals surface area contributed by atoms with Gasteiger partial charge in [-0.05, 0) is 30.7 Å². The number of benzene rings is 2. The van der Waals surface area contributed by atoms with E-state index in [-0.39, 0.29) is 18.0 Å². The summed E-state index contributed by atoms with van der Waals surface area (Å²) in [6.07, 6.45) is 0. The van der Waals surface area contributed by atoms with Gasteiger partial charge >= 0.3 is 0 Å². The van der Waals surface area contributed by atoms with Crippen LogP contribution in [0.25, 0.3) is 11.3 Å². The molecule has 0 unspecified atom stereocenters. The molecule has 0 aliphatic rings. The highest BCUT2D eigenvalue weighted by atomic mass is 35.5. The van der Waals surface area contributed by atoms with Crippen LogP contribution in [0.5, 0.6) is 0 Å². The van der Waals surface area contributed by atoms with Crippen LogP contribution in [-0.2, 0) is 11.3 Å². The molecule has 2 aromatic carbocycles. The van der Waals surface area contributed by atoms with Crippen molar-refractivity contribution in [2.75, 3.05) is 5.32 Å². The number of rotatable bonds is 4. The van der Waals surface area contributed by atoms with Crippen molar-refractivity contribution in [1.82, 2.24) is 9.78 Å². The lowest BCUT2D eigenvalue weighted by Gasteiger charge is -2.11. The number of hydrogen-bond donors (Lipinski definition) is 1. The SMILES string of the molecule is Cc1c(Cl)cccc1NC(=O)Cn1nc(-c2ccccc2)ccc1=O. The molecule has 5 nitrogen and oxygen atoms in total. The summed E-state index contributed by atoms with van der Waals surface area (Å²) < 4.78 is 1.15. The van der Waals surface area contributed by atoms with Gasteiger partial charge in [-0.1, -0.05) is 48.0 Å². The van der Waals surface area contributed by atoms with Gasteiger partial charge in [0.15, 0.2) is 0 Å². The number of amides is 1. The van der Waals surface area contributed by atoms with E-state index in [1.165, 1.54) is 6.07 Å². The lowest BCUT2D eigenvalue weighted by Crippen LogP contribution is -2.29. The molecule has 0 atom stereocenters. The minimum Gasteiger partial charge on any atom is -0.324 e. The third kappa shape index (κ3) is 3.95. The van der Waals surface area contributed by atoms with Crippen molar-refractivity contribution in [3.63, 3.8) is 0 Å². The van der Waals surface area contributed by atoms with Gasteiger partial charge in [-0.25, -0.2) is 4.68 Å². The second kappa shape index (κ2) is 7.32. The molecule has 1 aromatic heterocycles. The van der Waals surface area contributed by atoms with Gasteiger partial charge in [0.1, 0.15) is 6.54 Å². The molecule has 0 aliphatic heterocycles. The van der Waals surface area contributed by atoms with Crippen LogP contribution in [0.15, 0.2) is 65.5 Å². The largest absolute Gasteiger partial charge is 0.324 e. The van der Waals surface area contributed by atoms with Gasteiger partial charge in [-0.3, -0.25) is 9.59 Å². The smallest absolute Gasteiger partial charge is 0.267 e. The molecular formula is C19H16ClN3O2. The summed E-state index contributed by atoms with van der Waals surface area (Å²) in [5, 5.41) is 7.61. The molecule has 0 radical (unpaired) electrons. The second-order valence-electron chi connectivity index (χ2n) is 5.54. The van der Waals surface area contributed by atoms with Gasteiger partial charge in [0.05, 0.1) is 5.69 Å². The molecule has 3 aromatic rings. The minimum atomic E-state index is -0.342. The van der Waals surface area contributed by atoms with E-state index in [9.17, 15) is 9.59 Å². The fraction of sp³-hybridized carbons (Fsp3) is 0.105. The maximum absolute atomic E-state index is 12.3. The van der Waals surface area contributed by atoms with E-state index in [1.807, 2.05) is 37.3 Å². The third-order valence-corrected chi connectivity index (χ3v) is 4.18. The number of aromatic nitrogens is 2. The zero-order valence-corrected chi connectivity index (χ0v) is 14.3. The first-order valence-electron chi connectivity index (χ1n) is 7.73. The summed E-state index contributed by atoms with van der Waals surface area (Å²) in [4.78, 5) is 24.3. The Kier molecular flexibility index (Phi) is 4.95. The molecule has 1 heterocycles. The molecular weight excluding hydrogens is 338 g/mol. The Morgan fingerprint density at radius 2 is 1.84 bits per heavy atom. The lowest BCUT2D eigenvalue weighted by atomic mass is 10.1. The molecule has 0 bridgehead atoms.